The molecule has 0 spiro atoms. The second-order valence-electron chi connectivity index (χ2n) is 9.72. The van der Waals surface area contributed by atoms with Crippen LogP contribution in [0.3, 0.4) is 0 Å². The number of carbonyl (C=O) groups excluding carboxylic acids is 2. The Balaban J connectivity index is 1.69. The SMILES string of the molecule is Cc1ccc(NC(=O)c2c(NC(=O)c3ccco3)sc3c2CC[C@H](C(C)(C)C)C3)c(C)c1. The van der Waals surface area contributed by atoms with Crippen molar-refractivity contribution in [2.24, 2.45) is 11.3 Å². The van der Waals surface area contributed by atoms with E-state index in [1.807, 2.05) is 32.0 Å². The molecule has 5 nitrogen and oxygen atoms in total. The van der Waals surface area contributed by atoms with Crippen molar-refractivity contribution in [1.29, 1.82) is 0 Å². The van der Waals surface area contributed by atoms with Gasteiger partial charge in [-0.05, 0) is 73.8 Å². The minimum Gasteiger partial charge on any atom is -0.459 e. The molecule has 0 aliphatic heterocycles. The van der Waals surface area contributed by atoms with Crippen LogP contribution in [0.4, 0.5) is 10.7 Å². The first-order chi connectivity index (χ1) is 15.1. The van der Waals surface area contributed by atoms with Crippen LogP contribution in [0.1, 0.15) is 69.7 Å². The number of hydrogen-bond acceptors (Lipinski definition) is 4. The van der Waals surface area contributed by atoms with Gasteiger partial charge in [0.2, 0.25) is 0 Å². The van der Waals surface area contributed by atoms with Gasteiger partial charge in [0.15, 0.2) is 5.76 Å². The lowest BCUT2D eigenvalue weighted by atomic mass is 9.72. The number of amides is 2. The number of thiophene rings is 1. The third kappa shape index (κ3) is 4.51. The molecule has 6 heteroatoms. The van der Waals surface area contributed by atoms with E-state index in [1.54, 1.807) is 12.1 Å². The topological polar surface area (TPSA) is 71.3 Å². The first kappa shape index (κ1) is 22.3. The molecule has 1 atom stereocenters. The van der Waals surface area contributed by atoms with E-state index >= 15 is 0 Å². The smallest absolute Gasteiger partial charge is 0.291 e. The molecule has 1 aliphatic rings. The number of carbonyl (C=O) groups is 2. The van der Waals surface area contributed by atoms with E-state index in [2.05, 4.69) is 31.4 Å². The summed E-state index contributed by atoms with van der Waals surface area (Å²) in [6.07, 6.45) is 4.25. The highest BCUT2D eigenvalue weighted by Gasteiger charge is 2.34. The van der Waals surface area contributed by atoms with Crippen LogP contribution in [0.2, 0.25) is 0 Å². The van der Waals surface area contributed by atoms with Gasteiger partial charge in [-0.2, -0.15) is 0 Å². The van der Waals surface area contributed by atoms with Crippen LogP contribution in [0.25, 0.3) is 0 Å². The number of furan rings is 1. The van der Waals surface area contributed by atoms with Crippen LogP contribution in [0, 0.1) is 25.2 Å². The molecule has 0 saturated heterocycles. The zero-order valence-corrected chi connectivity index (χ0v) is 20.1. The molecule has 3 aromatic rings. The summed E-state index contributed by atoms with van der Waals surface area (Å²) < 4.78 is 5.25. The van der Waals surface area contributed by atoms with Crippen LogP contribution < -0.4 is 10.6 Å². The van der Waals surface area contributed by atoms with Gasteiger partial charge in [-0.25, -0.2) is 0 Å². The minimum atomic E-state index is -0.346. The second-order valence-corrected chi connectivity index (χ2v) is 10.8. The summed E-state index contributed by atoms with van der Waals surface area (Å²) in [6.45, 7) is 10.8. The van der Waals surface area contributed by atoms with Crippen molar-refractivity contribution in [2.45, 2.75) is 53.9 Å². The van der Waals surface area contributed by atoms with E-state index < -0.39 is 0 Å². The maximum atomic E-state index is 13.5. The van der Waals surface area contributed by atoms with E-state index in [1.165, 1.54) is 22.5 Å². The van der Waals surface area contributed by atoms with Gasteiger partial charge >= 0.3 is 0 Å². The summed E-state index contributed by atoms with van der Waals surface area (Å²) in [5, 5.41) is 6.60. The van der Waals surface area contributed by atoms with Crippen molar-refractivity contribution in [1.82, 2.24) is 0 Å². The minimum absolute atomic E-state index is 0.182. The Morgan fingerprint density at radius 1 is 1.09 bits per heavy atom. The fourth-order valence-corrected chi connectivity index (χ4v) is 5.68. The summed E-state index contributed by atoms with van der Waals surface area (Å²) >= 11 is 1.52. The summed E-state index contributed by atoms with van der Waals surface area (Å²) in [5.74, 6) is 0.238. The fourth-order valence-electron chi connectivity index (χ4n) is 4.36. The third-order valence-electron chi connectivity index (χ3n) is 6.32. The van der Waals surface area contributed by atoms with Crippen LogP contribution >= 0.6 is 11.3 Å². The largest absolute Gasteiger partial charge is 0.459 e. The molecule has 0 radical (unpaired) electrons. The molecule has 0 fully saturated rings. The summed E-state index contributed by atoms with van der Waals surface area (Å²) in [4.78, 5) is 27.4. The van der Waals surface area contributed by atoms with Crippen molar-refractivity contribution >= 4 is 33.8 Å². The van der Waals surface area contributed by atoms with E-state index in [0.717, 1.165) is 41.6 Å². The number of rotatable bonds is 4. The van der Waals surface area contributed by atoms with E-state index in [-0.39, 0.29) is 23.0 Å². The zero-order valence-electron chi connectivity index (χ0n) is 19.3. The Hall–Kier alpha value is -2.86. The lowest BCUT2D eigenvalue weighted by Crippen LogP contribution is -2.27. The third-order valence-corrected chi connectivity index (χ3v) is 7.49. The summed E-state index contributed by atoms with van der Waals surface area (Å²) in [6, 6.07) is 9.26. The Morgan fingerprint density at radius 2 is 1.88 bits per heavy atom. The highest BCUT2D eigenvalue weighted by Crippen LogP contribution is 2.44. The van der Waals surface area contributed by atoms with Crippen LogP contribution in [-0.2, 0) is 12.8 Å². The normalized spacial score (nSPS) is 15.8. The lowest BCUT2D eigenvalue weighted by molar-refractivity contribution is 0.0997. The van der Waals surface area contributed by atoms with Gasteiger partial charge in [0, 0.05) is 10.6 Å². The molecule has 1 aliphatic carbocycles. The van der Waals surface area contributed by atoms with E-state index in [4.69, 9.17) is 4.42 Å². The predicted molar refractivity (Wildman–Crippen MR) is 130 cm³/mol. The highest BCUT2D eigenvalue weighted by atomic mass is 32.1. The van der Waals surface area contributed by atoms with Crippen molar-refractivity contribution in [3.63, 3.8) is 0 Å². The molecule has 168 valence electrons. The second kappa shape index (κ2) is 8.58. The van der Waals surface area contributed by atoms with Crippen molar-refractivity contribution < 1.29 is 14.0 Å². The van der Waals surface area contributed by atoms with E-state index in [0.29, 0.717) is 16.5 Å². The average molecular weight is 451 g/mol. The first-order valence-electron chi connectivity index (χ1n) is 11.0. The average Bonchev–Trinajstić information content (AvgIpc) is 3.36. The Kier molecular flexibility index (Phi) is 5.99. The molecular formula is C26H30N2O3S. The van der Waals surface area contributed by atoms with Gasteiger partial charge in [-0.15, -0.1) is 11.3 Å². The molecule has 0 unspecified atom stereocenters. The molecule has 2 aromatic heterocycles. The quantitative estimate of drug-likeness (QED) is 0.469. The van der Waals surface area contributed by atoms with Gasteiger partial charge in [0.1, 0.15) is 5.00 Å². The number of fused-ring (bicyclic) bond motifs is 1. The van der Waals surface area contributed by atoms with E-state index in [9.17, 15) is 9.59 Å². The predicted octanol–water partition coefficient (Wildman–Crippen LogP) is 6.61. The fraction of sp³-hybridized carbons (Fsp3) is 0.385. The molecule has 2 amide bonds. The van der Waals surface area contributed by atoms with Gasteiger partial charge in [-0.3, -0.25) is 9.59 Å². The molecule has 2 N–H and O–H groups in total. The Labute approximate surface area is 193 Å². The van der Waals surface area contributed by atoms with Gasteiger partial charge in [0.25, 0.3) is 11.8 Å². The van der Waals surface area contributed by atoms with Gasteiger partial charge in [-0.1, -0.05) is 38.5 Å². The molecule has 0 bridgehead atoms. The van der Waals surface area contributed by atoms with Crippen LogP contribution in [-0.4, -0.2) is 11.8 Å². The van der Waals surface area contributed by atoms with Crippen LogP contribution in [0.15, 0.2) is 41.0 Å². The van der Waals surface area contributed by atoms with Crippen molar-refractivity contribution in [3.8, 4) is 0 Å². The van der Waals surface area contributed by atoms with Crippen LogP contribution in [0.5, 0.6) is 0 Å². The number of anilines is 2. The van der Waals surface area contributed by atoms with Crippen molar-refractivity contribution in [2.75, 3.05) is 10.6 Å². The molecule has 4 rings (SSSR count). The molecule has 32 heavy (non-hydrogen) atoms. The number of aryl methyl sites for hydroxylation is 2. The highest BCUT2D eigenvalue weighted by molar-refractivity contribution is 7.17. The number of nitrogens with one attached hydrogen (secondary N) is 2. The standard InChI is InChI=1S/C26H30N2O3S/c1-15-8-11-19(16(2)13-15)27-24(30)22-18-10-9-17(26(3,4)5)14-21(18)32-25(22)28-23(29)20-7-6-12-31-20/h6-8,11-13,17H,9-10,14H2,1-5H3,(H,27,30)(H,28,29)/t17-/m0/s1. The first-order valence-corrected chi connectivity index (χ1v) is 11.8. The van der Waals surface area contributed by atoms with Gasteiger partial charge in [0.05, 0.1) is 11.8 Å². The lowest BCUT2D eigenvalue weighted by Gasteiger charge is -2.33. The summed E-state index contributed by atoms with van der Waals surface area (Å²) in [7, 11) is 0. The molecule has 0 saturated carbocycles. The number of benzene rings is 1. The maximum Gasteiger partial charge on any atom is 0.291 e. The maximum absolute atomic E-state index is 13.5. The molecule has 1 aromatic carbocycles. The van der Waals surface area contributed by atoms with Crippen molar-refractivity contribution in [3.05, 3.63) is 69.5 Å². The zero-order chi connectivity index (χ0) is 23.0. The number of hydrogen-bond donors (Lipinski definition) is 2. The summed E-state index contributed by atoms with van der Waals surface area (Å²) in [5.41, 5.74) is 4.78. The Bertz CT molecular complexity index is 1150. The Morgan fingerprint density at radius 3 is 2.53 bits per heavy atom. The molecule has 2 heterocycles. The van der Waals surface area contributed by atoms with Gasteiger partial charge < -0.3 is 15.1 Å². The monoisotopic (exact) mass is 450 g/mol. The molecular weight excluding hydrogens is 420 g/mol.